The van der Waals surface area contributed by atoms with E-state index in [-0.39, 0.29) is 18.4 Å². The van der Waals surface area contributed by atoms with Gasteiger partial charge >= 0.3 is 5.97 Å². The lowest BCUT2D eigenvalue weighted by atomic mass is 10.0. The zero-order valence-electron chi connectivity index (χ0n) is 9.39. The van der Waals surface area contributed by atoms with Crippen LogP contribution in [0.5, 0.6) is 0 Å². The van der Waals surface area contributed by atoms with Crippen LogP contribution < -0.4 is 11.1 Å². The Hall–Kier alpha value is -0.650. The monoisotopic (exact) mass is 228 g/mol. The lowest BCUT2D eigenvalue weighted by Gasteiger charge is -2.30. The predicted molar refractivity (Wildman–Crippen MR) is 58.9 cm³/mol. The molecule has 1 aliphatic heterocycles. The highest BCUT2D eigenvalue weighted by Gasteiger charge is 2.30. The van der Waals surface area contributed by atoms with Gasteiger partial charge in [-0.05, 0) is 38.5 Å². The molecule has 1 saturated heterocycles. The number of carbonyl (C=O) groups is 1. The third-order valence-corrected chi connectivity index (χ3v) is 3.43. The number of nitrogens with two attached hydrogens (primary N) is 1. The Morgan fingerprint density at radius 2 is 2.12 bits per heavy atom. The van der Waals surface area contributed by atoms with E-state index in [4.69, 9.17) is 15.6 Å². The van der Waals surface area contributed by atoms with Crippen LogP contribution in [0.15, 0.2) is 0 Å². The SMILES string of the molecule is NC1CCC(OC2CCCC(C(=O)O)N2)C1. The van der Waals surface area contributed by atoms with Crippen molar-refractivity contribution in [2.75, 3.05) is 0 Å². The molecule has 2 fully saturated rings. The van der Waals surface area contributed by atoms with Gasteiger partial charge in [-0.2, -0.15) is 0 Å². The maximum absolute atomic E-state index is 10.9. The molecule has 1 saturated carbocycles. The van der Waals surface area contributed by atoms with E-state index in [2.05, 4.69) is 5.32 Å². The summed E-state index contributed by atoms with van der Waals surface area (Å²) in [5.74, 6) is -0.781. The van der Waals surface area contributed by atoms with Crippen LogP contribution in [0.3, 0.4) is 0 Å². The molecule has 0 spiro atoms. The molecular formula is C11H20N2O3. The first-order chi connectivity index (χ1) is 7.65. The number of ether oxygens (including phenoxy) is 1. The molecule has 0 amide bonds. The minimum Gasteiger partial charge on any atom is -0.480 e. The summed E-state index contributed by atoms with van der Waals surface area (Å²) in [6.45, 7) is 0. The third kappa shape index (κ3) is 2.93. The molecule has 2 aliphatic rings. The molecule has 5 heteroatoms. The Bertz CT molecular complexity index is 260. The second-order valence-electron chi connectivity index (χ2n) is 4.81. The normalized spacial score (nSPS) is 39.8. The highest BCUT2D eigenvalue weighted by atomic mass is 16.5. The van der Waals surface area contributed by atoms with E-state index in [1.54, 1.807) is 0 Å². The number of nitrogens with one attached hydrogen (secondary N) is 1. The van der Waals surface area contributed by atoms with Gasteiger partial charge in [0, 0.05) is 6.04 Å². The van der Waals surface area contributed by atoms with Crippen LogP contribution in [0.2, 0.25) is 0 Å². The quantitative estimate of drug-likeness (QED) is 0.652. The molecule has 0 radical (unpaired) electrons. The van der Waals surface area contributed by atoms with E-state index >= 15 is 0 Å². The average molecular weight is 228 g/mol. The van der Waals surface area contributed by atoms with Gasteiger partial charge in [-0.3, -0.25) is 10.1 Å². The zero-order valence-corrected chi connectivity index (χ0v) is 9.39. The fourth-order valence-electron chi connectivity index (χ4n) is 2.53. The molecule has 1 heterocycles. The van der Waals surface area contributed by atoms with Crippen molar-refractivity contribution >= 4 is 5.97 Å². The number of piperidine rings is 1. The molecule has 0 bridgehead atoms. The Labute approximate surface area is 95.3 Å². The van der Waals surface area contributed by atoms with E-state index in [9.17, 15) is 4.79 Å². The summed E-state index contributed by atoms with van der Waals surface area (Å²) in [5, 5.41) is 12.0. The van der Waals surface area contributed by atoms with Crippen molar-refractivity contribution < 1.29 is 14.6 Å². The lowest BCUT2D eigenvalue weighted by Crippen LogP contribution is -2.48. The van der Waals surface area contributed by atoms with E-state index in [0.717, 1.165) is 32.1 Å². The third-order valence-electron chi connectivity index (χ3n) is 3.43. The molecule has 1 aliphatic carbocycles. The summed E-state index contributed by atoms with van der Waals surface area (Å²) in [5.41, 5.74) is 5.81. The van der Waals surface area contributed by atoms with Crippen molar-refractivity contribution in [2.24, 2.45) is 5.73 Å². The minimum absolute atomic E-state index is 0.106. The second kappa shape index (κ2) is 5.12. The summed E-state index contributed by atoms with van der Waals surface area (Å²) >= 11 is 0. The molecular weight excluding hydrogens is 208 g/mol. The van der Waals surface area contributed by atoms with Gasteiger partial charge in [0.25, 0.3) is 0 Å². The molecule has 0 aromatic heterocycles. The number of aliphatic carboxylic acids is 1. The van der Waals surface area contributed by atoms with Gasteiger partial charge in [-0.15, -0.1) is 0 Å². The van der Waals surface area contributed by atoms with Crippen LogP contribution in [-0.2, 0) is 9.53 Å². The summed E-state index contributed by atoms with van der Waals surface area (Å²) in [4.78, 5) is 10.9. The molecule has 4 N–H and O–H groups in total. The molecule has 4 unspecified atom stereocenters. The minimum atomic E-state index is -0.781. The van der Waals surface area contributed by atoms with Gasteiger partial charge < -0.3 is 15.6 Å². The van der Waals surface area contributed by atoms with Crippen LogP contribution in [0.4, 0.5) is 0 Å². The van der Waals surface area contributed by atoms with Gasteiger partial charge in [0.15, 0.2) is 0 Å². The number of hydrogen-bond acceptors (Lipinski definition) is 4. The van der Waals surface area contributed by atoms with Crippen molar-refractivity contribution in [1.82, 2.24) is 5.32 Å². The maximum atomic E-state index is 10.9. The second-order valence-corrected chi connectivity index (χ2v) is 4.81. The van der Waals surface area contributed by atoms with Crippen molar-refractivity contribution in [3.8, 4) is 0 Å². The Kier molecular flexibility index (Phi) is 3.78. The molecule has 5 nitrogen and oxygen atoms in total. The highest BCUT2D eigenvalue weighted by Crippen LogP contribution is 2.24. The number of rotatable bonds is 3. The number of carboxylic acids is 1. The van der Waals surface area contributed by atoms with Crippen molar-refractivity contribution in [2.45, 2.75) is 62.9 Å². The zero-order chi connectivity index (χ0) is 11.5. The van der Waals surface area contributed by atoms with Gasteiger partial charge in [-0.25, -0.2) is 0 Å². The van der Waals surface area contributed by atoms with Gasteiger partial charge in [-0.1, -0.05) is 0 Å². The predicted octanol–water partition coefficient (Wildman–Crippen LogP) is 0.436. The summed E-state index contributed by atoms with van der Waals surface area (Å²) in [6.07, 6.45) is 5.51. The van der Waals surface area contributed by atoms with E-state index in [1.165, 1.54) is 0 Å². The molecule has 16 heavy (non-hydrogen) atoms. The first kappa shape index (κ1) is 11.8. The fourth-order valence-corrected chi connectivity index (χ4v) is 2.53. The van der Waals surface area contributed by atoms with Crippen molar-refractivity contribution in [3.63, 3.8) is 0 Å². The largest absolute Gasteiger partial charge is 0.480 e. The van der Waals surface area contributed by atoms with Crippen molar-refractivity contribution in [3.05, 3.63) is 0 Å². The number of hydrogen-bond donors (Lipinski definition) is 3. The number of carboxylic acid groups (broad SMARTS) is 1. The molecule has 0 aromatic carbocycles. The molecule has 4 atom stereocenters. The molecule has 2 rings (SSSR count). The van der Waals surface area contributed by atoms with E-state index < -0.39 is 12.0 Å². The summed E-state index contributed by atoms with van der Waals surface area (Å²) < 4.78 is 5.85. The average Bonchev–Trinajstić information content (AvgIpc) is 2.64. The van der Waals surface area contributed by atoms with E-state index in [0.29, 0.717) is 6.42 Å². The smallest absolute Gasteiger partial charge is 0.320 e. The van der Waals surface area contributed by atoms with Gasteiger partial charge in [0.1, 0.15) is 12.3 Å². The first-order valence-corrected chi connectivity index (χ1v) is 6.05. The Morgan fingerprint density at radius 1 is 1.31 bits per heavy atom. The summed E-state index contributed by atoms with van der Waals surface area (Å²) in [7, 11) is 0. The first-order valence-electron chi connectivity index (χ1n) is 6.05. The standard InChI is InChI=1S/C11H20N2O3/c12-7-4-5-8(6-7)16-10-3-1-2-9(13-10)11(14)15/h7-10,13H,1-6,12H2,(H,14,15). The van der Waals surface area contributed by atoms with Crippen LogP contribution in [0.25, 0.3) is 0 Å². The van der Waals surface area contributed by atoms with Crippen molar-refractivity contribution in [1.29, 1.82) is 0 Å². The van der Waals surface area contributed by atoms with Gasteiger partial charge in [0.2, 0.25) is 0 Å². The van der Waals surface area contributed by atoms with Crippen LogP contribution in [-0.4, -0.2) is 35.5 Å². The van der Waals surface area contributed by atoms with Crippen LogP contribution in [0, 0.1) is 0 Å². The topological polar surface area (TPSA) is 84.6 Å². The molecule has 0 aromatic rings. The Balaban J connectivity index is 1.79. The summed E-state index contributed by atoms with van der Waals surface area (Å²) in [6, 6.07) is -0.197. The lowest BCUT2D eigenvalue weighted by molar-refractivity contribution is -0.143. The van der Waals surface area contributed by atoms with Crippen LogP contribution in [0.1, 0.15) is 38.5 Å². The fraction of sp³-hybridized carbons (Fsp3) is 0.909. The van der Waals surface area contributed by atoms with E-state index in [1.807, 2.05) is 0 Å². The van der Waals surface area contributed by atoms with Crippen LogP contribution >= 0.6 is 0 Å². The highest BCUT2D eigenvalue weighted by molar-refractivity contribution is 5.73. The molecule has 92 valence electrons. The van der Waals surface area contributed by atoms with Gasteiger partial charge in [0.05, 0.1) is 6.10 Å². The Morgan fingerprint density at radius 3 is 2.75 bits per heavy atom. The maximum Gasteiger partial charge on any atom is 0.320 e.